The molecule has 0 spiro atoms. The molecule has 1 heterocycles. The van der Waals surface area contributed by atoms with Crippen LogP contribution in [-0.2, 0) is 6.42 Å². The first-order chi connectivity index (χ1) is 8.00. The summed E-state index contributed by atoms with van der Waals surface area (Å²) in [6.07, 6.45) is 3.15. The highest BCUT2D eigenvalue weighted by atomic mass is 35.5. The van der Waals surface area contributed by atoms with Crippen LogP contribution >= 0.6 is 11.6 Å². The number of carbonyl (C=O) groups is 1. The van der Waals surface area contributed by atoms with E-state index in [9.17, 15) is 4.79 Å². The molecule has 0 aliphatic heterocycles. The van der Waals surface area contributed by atoms with Crippen LogP contribution in [-0.4, -0.2) is 18.3 Å². The third-order valence-electron chi connectivity index (χ3n) is 2.81. The minimum atomic E-state index is -0.0711. The maximum Gasteiger partial charge on any atom is 0.254 e. The molecule has 4 heteroatoms. The van der Waals surface area contributed by atoms with Crippen molar-refractivity contribution in [2.75, 3.05) is 12.4 Å². The molecule has 0 radical (unpaired) electrons. The van der Waals surface area contributed by atoms with Crippen LogP contribution in [0.5, 0.6) is 0 Å². The summed E-state index contributed by atoms with van der Waals surface area (Å²) in [6.45, 7) is 6.76. The van der Waals surface area contributed by atoms with Crippen molar-refractivity contribution in [1.82, 2.24) is 5.32 Å². The second-order valence-corrected chi connectivity index (χ2v) is 5.27. The van der Waals surface area contributed by atoms with Gasteiger partial charge in [0.05, 0.1) is 11.8 Å². The normalized spacial score (nSPS) is 11.5. The summed E-state index contributed by atoms with van der Waals surface area (Å²) in [5.74, 6) is 1.27. The van der Waals surface area contributed by atoms with Crippen LogP contribution in [0.3, 0.4) is 0 Å². The van der Waals surface area contributed by atoms with E-state index in [1.54, 1.807) is 12.3 Å². The molecule has 1 aromatic rings. The maximum atomic E-state index is 11.9. The van der Waals surface area contributed by atoms with Gasteiger partial charge >= 0.3 is 0 Å². The van der Waals surface area contributed by atoms with Crippen LogP contribution in [0.2, 0.25) is 0 Å². The quantitative estimate of drug-likeness (QED) is 0.795. The van der Waals surface area contributed by atoms with Crippen molar-refractivity contribution in [3.63, 3.8) is 0 Å². The van der Waals surface area contributed by atoms with E-state index in [4.69, 9.17) is 16.0 Å². The minimum Gasteiger partial charge on any atom is -0.469 e. The number of alkyl halides is 1. The molecule has 0 saturated heterocycles. The fraction of sp³-hybridized carbons (Fsp3) is 0.615. The second-order valence-electron chi connectivity index (χ2n) is 4.90. The Balaban J connectivity index is 2.56. The summed E-state index contributed by atoms with van der Waals surface area (Å²) in [6, 6.07) is 1.71. The van der Waals surface area contributed by atoms with Crippen molar-refractivity contribution >= 4 is 17.5 Å². The number of halogens is 1. The molecule has 1 aromatic heterocycles. The SMILES string of the molecule is CCc1occc1C(=O)NCC(C)(C)CCCl. The largest absolute Gasteiger partial charge is 0.469 e. The van der Waals surface area contributed by atoms with Crippen LogP contribution in [0.4, 0.5) is 0 Å². The fourth-order valence-corrected chi connectivity index (χ4v) is 2.09. The maximum absolute atomic E-state index is 11.9. The zero-order chi connectivity index (χ0) is 12.9. The number of furan rings is 1. The highest BCUT2D eigenvalue weighted by Gasteiger charge is 2.20. The van der Waals surface area contributed by atoms with Gasteiger partial charge in [-0.25, -0.2) is 0 Å². The van der Waals surface area contributed by atoms with Gasteiger partial charge in [0.15, 0.2) is 0 Å². The van der Waals surface area contributed by atoms with Gasteiger partial charge in [0.2, 0.25) is 0 Å². The van der Waals surface area contributed by atoms with Gasteiger partial charge < -0.3 is 9.73 Å². The molecular weight excluding hydrogens is 238 g/mol. The Morgan fingerprint density at radius 2 is 2.24 bits per heavy atom. The molecular formula is C13H20ClNO2. The Morgan fingerprint density at radius 3 is 2.82 bits per heavy atom. The molecule has 1 N–H and O–H groups in total. The number of amides is 1. The molecule has 0 fully saturated rings. The van der Waals surface area contributed by atoms with E-state index in [1.807, 2.05) is 6.92 Å². The monoisotopic (exact) mass is 257 g/mol. The molecule has 0 aromatic carbocycles. The van der Waals surface area contributed by atoms with Crippen molar-refractivity contribution in [2.24, 2.45) is 5.41 Å². The second kappa shape index (κ2) is 6.10. The van der Waals surface area contributed by atoms with E-state index in [0.717, 1.165) is 18.6 Å². The van der Waals surface area contributed by atoms with Crippen molar-refractivity contribution < 1.29 is 9.21 Å². The lowest BCUT2D eigenvalue weighted by Gasteiger charge is -2.23. The first-order valence-corrected chi connectivity index (χ1v) is 6.44. The van der Waals surface area contributed by atoms with Gasteiger partial charge in [0.25, 0.3) is 5.91 Å². The molecule has 17 heavy (non-hydrogen) atoms. The summed E-state index contributed by atoms with van der Waals surface area (Å²) >= 11 is 5.72. The summed E-state index contributed by atoms with van der Waals surface area (Å²) in [5, 5.41) is 2.93. The number of nitrogens with one attached hydrogen (secondary N) is 1. The molecule has 0 saturated carbocycles. The predicted octanol–water partition coefficient (Wildman–Crippen LogP) is 3.23. The van der Waals surface area contributed by atoms with Crippen LogP contribution in [0.15, 0.2) is 16.7 Å². The Morgan fingerprint density at radius 1 is 1.53 bits per heavy atom. The smallest absolute Gasteiger partial charge is 0.254 e. The zero-order valence-electron chi connectivity index (χ0n) is 10.7. The molecule has 0 aliphatic rings. The molecule has 96 valence electrons. The van der Waals surface area contributed by atoms with Gasteiger partial charge in [-0.3, -0.25) is 4.79 Å². The van der Waals surface area contributed by atoms with Crippen molar-refractivity contribution in [1.29, 1.82) is 0 Å². The van der Waals surface area contributed by atoms with E-state index in [1.165, 1.54) is 0 Å². The standard InChI is InChI=1S/C13H20ClNO2/c1-4-11-10(5-8-17-11)12(16)15-9-13(2,3)6-7-14/h5,8H,4,6-7,9H2,1-3H3,(H,15,16). The summed E-state index contributed by atoms with van der Waals surface area (Å²) in [4.78, 5) is 11.9. The predicted molar refractivity (Wildman–Crippen MR) is 69.5 cm³/mol. The van der Waals surface area contributed by atoms with Gasteiger partial charge in [0, 0.05) is 18.8 Å². The van der Waals surface area contributed by atoms with Crippen LogP contribution in [0, 0.1) is 5.41 Å². The molecule has 1 rings (SSSR count). The topological polar surface area (TPSA) is 42.2 Å². The van der Waals surface area contributed by atoms with Crippen LogP contribution in [0.25, 0.3) is 0 Å². The van der Waals surface area contributed by atoms with Gasteiger partial charge in [-0.15, -0.1) is 11.6 Å². The van der Waals surface area contributed by atoms with E-state index < -0.39 is 0 Å². The molecule has 0 atom stereocenters. The summed E-state index contributed by atoms with van der Waals surface area (Å²) in [7, 11) is 0. The van der Waals surface area contributed by atoms with Gasteiger partial charge in [0.1, 0.15) is 5.76 Å². The first-order valence-electron chi connectivity index (χ1n) is 5.90. The molecule has 0 aliphatic carbocycles. The van der Waals surface area contributed by atoms with E-state index in [2.05, 4.69) is 19.2 Å². The Labute approximate surface area is 108 Å². The zero-order valence-corrected chi connectivity index (χ0v) is 11.4. The first kappa shape index (κ1) is 14.1. The lowest BCUT2D eigenvalue weighted by atomic mass is 9.90. The number of hydrogen-bond donors (Lipinski definition) is 1. The van der Waals surface area contributed by atoms with Crippen molar-refractivity contribution in [3.8, 4) is 0 Å². The van der Waals surface area contributed by atoms with Crippen LogP contribution in [0.1, 0.15) is 43.3 Å². The fourth-order valence-electron chi connectivity index (χ4n) is 1.58. The third-order valence-corrected chi connectivity index (χ3v) is 3.00. The van der Waals surface area contributed by atoms with E-state index in [-0.39, 0.29) is 11.3 Å². The Bertz CT molecular complexity index is 371. The third kappa shape index (κ3) is 4.08. The summed E-state index contributed by atoms with van der Waals surface area (Å²) < 4.78 is 5.23. The lowest BCUT2D eigenvalue weighted by Crippen LogP contribution is -2.34. The number of carbonyl (C=O) groups excluding carboxylic acids is 1. The van der Waals surface area contributed by atoms with Crippen molar-refractivity contribution in [3.05, 3.63) is 23.7 Å². The van der Waals surface area contributed by atoms with Gasteiger partial charge in [-0.2, -0.15) is 0 Å². The average Bonchev–Trinajstić information content (AvgIpc) is 2.74. The highest BCUT2D eigenvalue weighted by molar-refractivity contribution is 6.17. The lowest BCUT2D eigenvalue weighted by molar-refractivity contribution is 0.0934. The minimum absolute atomic E-state index is 0.0214. The van der Waals surface area contributed by atoms with Gasteiger partial charge in [-0.05, 0) is 17.9 Å². The van der Waals surface area contributed by atoms with Crippen molar-refractivity contribution in [2.45, 2.75) is 33.6 Å². The Hall–Kier alpha value is -0.960. The molecule has 0 unspecified atom stereocenters. The highest BCUT2D eigenvalue weighted by Crippen LogP contribution is 2.20. The summed E-state index contributed by atoms with van der Waals surface area (Å²) in [5.41, 5.74) is 0.655. The van der Waals surface area contributed by atoms with Crippen LogP contribution < -0.4 is 5.32 Å². The molecule has 3 nitrogen and oxygen atoms in total. The molecule has 0 bridgehead atoms. The average molecular weight is 258 g/mol. The number of rotatable bonds is 6. The molecule has 1 amide bonds. The van der Waals surface area contributed by atoms with Gasteiger partial charge in [-0.1, -0.05) is 20.8 Å². The number of hydrogen-bond acceptors (Lipinski definition) is 2. The Kier molecular flexibility index (Phi) is 5.06. The van der Waals surface area contributed by atoms with E-state index in [0.29, 0.717) is 18.0 Å². The van der Waals surface area contributed by atoms with E-state index >= 15 is 0 Å². The number of aryl methyl sites for hydroxylation is 1.